The Morgan fingerprint density at radius 3 is 2.58 bits per heavy atom. The van der Waals surface area contributed by atoms with E-state index < -0.39 is 0 Å². The normalized spacial score (nSPS) is 10.7. The van der Waals surface area contributed by atoms with Gasteiger partial charge >= 0.3 is 5.97 Å². The number of rotatable bonds is 6. The number of carbonyl (C=O) groups excluding carboxylic acids is 2. The summed E-state index contributed by atoms with van der Waals surface area (Å²) in [7, 11) is 1.36. The van der Waals surface area contributed by atoms with Gasteiger partial charge in [-0.25, -0.2) is 9.78 Å². The highest BCUT2D eigenvalue weighted by Gasteiger charge is 2.17. The monoisotopic (exact) mass is 386 g/mol. The smallest absolute Gasteiger partial charge is 0.337 e. The Morgan fingerprint density at radius 2 is 1.96 bits per heavy atom. The van der Waals surface area contributed by atoms with Crippen LogP contribution in [-0.2, 0) is 4.74 Å². The number of thiazole rings is 1. The van der Waals surface area contributed by atoms with E-state index >= 15 is 0 Å². The number of ether oxygens (including phenoxy) is 1. The molecule has 0 amide bonds. The molecule has 1 aromatic carbocycles. The molecule has 0 aliphatic heterocycles. The van der Waals surface area contributed by atoms with Crippen molar-refractivity contribution in [1.82, 2.24) is 9.55 Å². The topological polar surface area (TPSA) is 61.2 Å². The largest absolute Gasteiger partial charge is 0.465 e. The van der Waals surface area contributed by atoms with Gasteiger partial charge in [-0.15, -0.1) is 11.3 Å². The van der Waals surface area contributed by atoms with Crippen LogP contribution in [0.25, 0.3) is 5.69 Å². The number of ketones is 1. The molecular weight excluding hydrogens is 368 g/mol. The Hall–Kier alpha value is -2.38. The fourth-order valence-electron chi connectivity index (χ4n) is 2.79. The maximum Gasteiger partial charge on any atom is 0.337 e. The van der Waals surface area contributed by atoms with Crippen molar-refractivity contribution in [3.63, 3.8) is 0 Å². The highest BCUT2D eigenvalue weighted by Crippen LogP contribution is 2.25. The molecule has 3 rings (SSSR count). The van der Waals surface area contributed by atoms with E-state index in [9.17, 15) is 9.59 Å². The van der Waals surface area contributed by atoms with Gasteiger partial charge in [0.1, 0.15) is 4.34 Å². The second kappa shape index (κ2) is 7.88. The van der Waals surface area contributed by atoms with Gasteiger partial charge in [0.05, 0.1) is 18.4 Å². The van der Waals surface area contributed by atoms with E-state index in [0.29, 0.717) is 16.9 Å². The third kappa shape index (κ3) is 3.73. The van der Waals surface area contributed by atoms with Gasteiger partial charge in [0.15, 0.2) is 5.78 Å². The fraction of sp³-hybridized carbons (Fsp3) is 0.211. The Morgan fingerprint density at radius 1 is 1.23 bits per heavy atom. The summed E-state index contributed by atoms with van der Waals surface area (Å²) >= 11 is 2.99. The van der Waals surface area contributed by atoms with Crippen molar-refractivity contribution in [3.8, 4) is 5.69 Å². The van der Waals surface area contributed by atoms with E-state index in [1.807, 2.05) is 42.0 Å². The van der Waals surface area contributed by atoms with Gasteiger partial charge < -0.3 is 9.30 Å². The van der Waals surface area contributed by atoms with Gasteiger partial charge in [-0.3, -0.25) is 4.79 Å². The molecule has 0 fully saturated rings. The van der Waals surface area contributed by atoms with E-state index in [1.165, 1.54) is 30.2 Å². The molecular formula is C19H18N2O3S2. The summed E-state index contributed by atoms with van der Waals surface area (Å²) in [6.45, 7) is 3.90. The Labute approximate surface area is 160 Å². The molecule has 2 heterocycles. The van der Waals surface area contributed by atoms with Crippen molar-refractivity contribution in [2.24, 2.45) is 0 Å². The first-order valence-corrected chi connectivity index (χ1v) is 9.81. The molecule has 0 aliphatic carbocycles. The molecule has 0 unspecified atom stereocenters. The van der Waals surface area contributed by atoms with Crippen molar-refractivity contribution in [2.45, 2.75) is 18.2 Å². The summed E-state index contributed by atoms with van der Waals surface area (Å²) < 4.78 is 7.64. The Kier molecular flexibility index (Phi) is 5.58. The maximum absolute atomic E-state index is 12.6. The molecule has 2 aromatic heterocycles. The Balaban J connectivity index is 1.83. The summed E-state index contributed by atoms with van der Waals surface area (Å²) in [5.74, 6) is 0.0716. The molecule has 0 bridgehead atoms. The first-order chi connectivity index (χ1) is 12.5. The van der Waals surface area contributed by atoms with Gasteiger partial charge in [-0.2, -0.15) is 0 Å². The molecule has 0 atom stereocenters. The molecule has 134 valence electrons. The summed E-state index contributed by atoms with van der Waals surface area (Å²) in [5, 5.41) is 1.90. The number of benzene rings is 1. The van der Waals surface area contributed by atoms with E-state index in [4.69, 9.17) is 4.74 Å². The molecule has 0 radical (unpaired) electrons. The molecule has 3 aromatic rings. The zero-order chi connectivity index (χ0) is 18.7. The number of esters is 1. The second-order valence-electron chi connectivity index (χ2n) is 5.67. The van der Waals surface area contributed by atoms with Crippen LogP contribution in [0.5, 0.6) is 0 Å². The summed E-state index contributed by atoms with van der Waals surface area (Å²) in [6.07, 6.45) is 1.74. The van der Waals surface area contributed by atoms with Crippen LogP contribution in [0, 0.1) is 13.8 Å². The molecule has 0 saturated carbocycles. The number of nitrogens with zero attached hydrogens (tertiary/aromatic N) is 2. The highest BCUT2D eigenvalue weighted by molar-refractivity contribution is 8.01. The van der Waals surface area contributed by atoms with Crippen LogP contribution in [0.3, 0.4) is 0 Å². The van der Waals surface area contributed by atoms with E-state index in [1.54, 1.807) is 18.3 Å². The first kappa shape index (κ1) is 18.4. The molecule has 0 N–H and O–H groups in total. The second-order valence-corrected chi connectivity index (χ2v) is 7.79. The minimum absolute atomic E-state index is 0.0794. The third-order valence-electron chi connectivity index (χ3n) is 4.01. The molecule has 5 nitrogen and oxygen atoms in total. The molecule has 26 heavy (non-hydrogen) atoms. The molecule has 7 heteroatoms. The SMILES string of the molecule is COC(=O)c1ccc(-n2c(C)cc(C(=O)CSc3nccs3)c2C)cc1. The van der Waals surface area contributed by atoms with Crippen molar-refractivity contribution in [3.05, 3.63) is 64.4 Å². The average molecular weight is 386 g/mol. The average Bonchev–Trinajstić information content (AvgIpc) is 3.27. The zero-order valence-electron chi connectivity index (χ0n) is 14.7. The predicted octanol–water partition coefficient (Wildman–Crippen LogP) is 4.31. The maximum atomic E-state index is 12.6. The highest BCUT2D eigenvalue weighted by atomic mass is 32.2. The summed E-state index contributed by atoms with van der Waals surface area (Å²) in [5.41, 5.74) is 3.96. The molecule has 0 spiro atoms. The first-order valence-electron chi connectivity index (χ1n) is 7.94. The number of methoxy groups -OCH3 is 1. The van der Waals surface area contributed by atoms with Gasteiger partial charge in [-0.05, 0) is 44.2 Å². The van der Waals surface area contributed by atoms with Crippen LogP contribution in [0.1, 0.15) is 32.1 Å². The summed E-state index contributed by atoms with van der Waals surface area (Å²) in [6, 6.07) is 9.06. The van der Waals surface area contributed by atoms with Crippen LogP contribution in [-0.4, -0.2) is 34.2 Å². The molecule has 0 aliphatic rings. The van der Waals surface area contributed by atoms with Crippen molar-refractivity contribution in [2.75, 3.05) is 12.9 Å². The van der Waals surface area contributed by atoms with Crippen LogP contribution >= 0.6 is 23.1 Å². The van der Waals surface area contributed by atoms with Crippen LogP contribution in [0.4, 0.5) is 0 Å². The minimum Gasteiger partial charge on any atom is -0.465 e. The van der Waals surface area contributed by atoms with Crippen LogP contribution < -0.4 is 0 Å². The Bertz CT molecular complexity index is 929. The van der Waals surface area contributed by atoms with Gasteiger partial charge in [0.25, 0.3) is 0 Å². The lowest BCUT2D eigenvalue weighted by atomic mass is 10.2. The number of thioether (sulfide) groups is 1. The number of hydrogen-bond donors (Lipinski definition) is 0. The van der Waals surface area contributed by atoms with Gasteiger partial charge in [-0.1, -0.05) is 11.8 Å². The number of Topliss-reactive ketones (excluding diaryl/α,β-unsaturated/α-hetero) is 1. The lowest BCUT2D eigenvalue weighted by molar-refractivity contribution is 0.0600. The number of aryl methyl sites for hydroxylation is 1. The standard InChI is InChI=1S/C19H18N2O3S2/c1-12-10-16(17(22)11-26-19-20-8-9-25-19)13(2)21(12)15-6-4-14(5-7-15)18(23)24-3/h4-10H,11H2,1-3H3. The summed E-state index contributed by atoms with van der Waals surface area (Å²) in [4.78, 5) is 28.4. The number of hydrogen-bond acceptors (Lipinski definition) is 6. The van der Waals surface area contributed by atoms with Crippen LogP contribution in [0.15, 0.2) is 46.2 Å². The fourth-order valence-corrected chi connectivity index (χ4v) is 4.31. The van der Waals surface area contributed by atoms with Crippen LogP contribution in [0.2, 0.25) is 0 Å². The number of carbonyl (C=O) groups is 2. The van der Waals surface area contributed by atoms with Crippen molar-refractivity contribution < 1.29 is 14.3 Å². The van der Waals surface area contributed by atoms with Crippen molar-refractivity contribution >= 4 is 34.9 Å². The quantitative estimate of drug-likeness (QED) is 0.359. The van der Waals surface area contributed by atoms with Gasteiger partial charge in [0, 0.05) is 34.2 Å². The lowest BCUT2D eigenvalue weighted by Gasteiger charge is -2.10. The van der Waals surface area contributed by atoms with E-state index in [-0.39, 0.29) is 11.8 Å². The lowest BCUT2D eigenvalue weighted by Crippen LogP contribution is -2.06. The zero-order valence-corrected chi connectivity index (χ0v) is 16.3. The number of aromatic nitrogens is 2. The van der Waals surface area contributed by atoms with Gasteiger partial charge in [0.2, 0.25) is 0 Å². The van der Waals surface area contributed by atoms with E-state index in [0.717, 1.165) is 21.4 Å². The van der Waals surface area contributed by atoms with E-state index in [2.05, 4.69) is 4.98 Å². The minimum atomic E-state index is -0.368. The molecule has 0 saturated heterocycles. The van der Waals surface area contributed by atoms with Crippen molar-refractivity contribution in [1.29, 1.82) is 0 Å². The predicted molar refractivity (Wildman–Crippen MR) is 104 cm³/mol. The third-order valence-corrected chi connectivity index (χ3v) is 5.98.